The predicted octanol–water partition coefficient (Wildman–Crippen LogP) is 5.24. The molecule has 0 fully saturated rings. The molecule has 0 aliphatic carbocycles. The standard InChI is InChI=1S/C20H20N2/c1-14(2)20-21-18(16-10-6-4-7-11-16)15(3)19(22-20)17-12-8-5-9-13-17/h4-14H,1-3H3. The van der Waals surface area contributed by atoms with Crippen LogP contribution in [0.2, 0.25) is 0 Å². The van der Waals surface area contributed by atoms with Crippen LogP contribution in [-0.4, -0.2) is 9.97 Å². The number of benzene rings is 2. The number of hydrogen-bond donors (Lipinski definition) is 0. The van der Waals surface area contributed by atoms with E-state index in [1.54, 1.807) is 0 Å². The van der Waals surface area contributed by atoms with Gasteiger partial charge >= 0.3 is 0 Å². The molecule has 1 heterocycles. The second kappa shape index (κ2) is 6.10. The summed E-state index contributed by atoms with van der Waals surface area (Å²) in [5, 5.41) is 0. The number of hydrogen-bond acceptors (Lipinski definition) is 2. The molecule has 1 aromatic heterocycles. The molecule has 2 heteroatoms. The SMILES string of the molecule is Cc1c(-c2ccccc2)nc(C(C)C)nc1-c1ccccc1. The Hall–Kier alpha value is -2.48. The van der Waals surface area contributed by atoms with Gasteiger partial charge in [0, 0.05) is 22.6 Å². The van der Waals surface area contributed by atoms with Crippen molar-refractivity contribution in [2.75, 3.05) is 0 Å². The summed E-state index contributed by atoms with van der Waals surface area (Å²) in [5.41, 5.74) is 5.46. The van der Waals surface area contributed by atoms with E-state index in [4.69, 9.17) is 9.97 Å². The van der Waals surface area contributed by atoms with Crippen LogP contribution in [0.15, 0.2) is 60.7 Å². The Kier molecular flexibility index (Phi) is 4.01. The van der Waals surface area contributed by atoms with Crippen molar-refractivity contribution in [2.24, 2.45) is 0 Å². The average molecular weight is 288 g/mol. The van der Waals surface area contributed by atoms with Gasteiger partial charge in [-0.25, -0.2) is 9.97 Å². The molecule has 0 N–H and O–H groups in total. The highest BCUT2D eigenvalue weighted by Gasteiger charge is 2.15. The van der Waals surface area contributed by atoms with E-state index in [-0.39, 0.29) is 0 Å². The number of aromatic nitrogens is 2. The van der Waals surface area contributed by atoms with E-state index in [9.17, 15) is 0 Å². The summed E-state index contributed by atoms with van der Waals surface area (Å²) < 4.78 is 0. The van der Waals surface area contributed by atoms with E-state index in [0.717, 1.165) is 33.9 Å². The minimum Gasteiger partial charge on any atom is -0.232 e. The van der Waals surface area contributed by atoms with Gasteiger partial charge in [-0.3, -0.25) is 0 Å². The first-order valence-electron chi connectivity index (χ1n) is 7.66. The lowest BCUT2D eigenvalue weighted by Gasteiger charge is -2.14. The molecular formula is C20H20N2. The van der Waals surface area contributed by atoms with Gasteiger partial charge in [-0.05, 0) is 6.92 Å². The van der Waals surface area contributed by atoms with Crippen LogP contribution in [0.3, 0.4) is 0 Å². The summed E-state index contributed by atoms with van der Waals surface area (Å²) in [6, 6.07) is 20.7. The van der Waals surface area contributed by atoms with Gasteiger partial charge in [0.2, 0.25) is 0 Å². The first kappa shape index (κ1) is 14.5. The van der Waals surface area contributed by atoms with Gasteiger partial charge in [-0.2, -0.15) is 0 Å². The van der Waals surface area contributed by atoms with Crippen molar-refractivity contribution in [3.05, 3.63) is 72.1 Å². The van der Waals surface area contributed by atoms with Crippen LogP contribution in [0.4, 0.5) is 0 Å². The van der Waals surface area contributed by atoms with E-state index in [2.05, 4.69) is 45.0 Å². The highest BCUT2D eigenvalue weighted by atomic mass is 14.9. The minimum atomic E-state index is 0.297. The zero-order chi connectivity index (χ0) is 15.5. The van der Waals surface area contributed by atoms with Gasteiger partial charge < -0.3 is 0 Å². The molecule has 2 aromatic carbocycles. The van der Waals surface area contributed by atoms with Crippen LogP contribution in [0, 0.1) is 6.92 Å². The molecule has 0 radical (unpaired) electrons. The first-order valence-corrected chi connectivity index (χ1v) is 7.66. The zero-order valence-electron chi connectivity index (χ0n) is 13.2. The second-order valence-corrected chi connectivity index (χ2v) is 5.79. The van der Waals surface area contributed by atoms with Crippen molar-refractivity contribution >= 4 is 0 Å². The summed E-state index contributed by atoms with van der Waals surface area (Å²) in [6.45, 7) is 6.37. The maximum Gasteiger partial charge on any atom is 0.132 e. The Morgan fingerprint density at radius 3 is 1.45 bits per heavy atom. The molecule has 3 aromatic rings. The maximum absolute atomic E-state index is 4.82. The quantitative estimate of drug-likeness (QED) is 0.658. The molecule has 0 amide bonds. The van der Waals surface area contributed by atoms with E-state index < -0.39 is 0 Å². The van der Waals surface area contributed by atoms with Gasteiger partial charge in [0.25, 0.3) is 0 Å². The van der Waals surface area contributed by atoms with Crippen molar-refractivity contribution in [1.29, 1.82) is 0 Å². The fraction of sp³-hybridized carbons (Fsp3) is 0.200. The van der Waals surface area contributed by atoms with Crippen LogP contribution >= 0.6 is 0 Å². The van der Waals surface area contributed by atoms with Crippen LogP contribution < -0.4 is 0 Å². The normalized spacial score (nSPS) is 10.9. The molecule has 0 unspecified atom stereocenters. The maximum atomic E-state index is 4.82. The van der Waals surface area contributed by atoms with Crippen molar-refractivity contribution in [3.8, 4) is 22.5 Å². The molecule has 2 nitrogen and oxygen atoms in total. The molecule has 0 aliphatic heterocycles. The molecular weight excluding hydrogens is 268 g/mol. The Morgan fingerprint density at radius 1 is 0.682 bits per heavy atom. The Balaban J connectivity index is 2.25. The van der Waals surface area contributed by atoms with Crippen molar-refractivity contribution in [3.63, 3.8) is 0 Å². The average Bonchev–Trinajstić information content (AvgIpc) is 2.56. The largest absolute Gasteiger partial charge is 0.232 e. The summed E-state index contributed by atoms with van der Waals surface area (Å²) >= 11 is 0. The Morgan fingerprint density at radius 2 is 1.09 bits per heavy atom. The molecule has 0 saturated heterocycles. The Labute approximate surface area is 131 Å². The summed E-state index contributed by atoms with van der Waals surface area (Å²) in [7, 11) is 0. The second-order valence-electron chi connectivity index (χ2n) is 5.79. The topological polar surface area (TPSA) is 25.8 Å². The molecule has 0 aliphatic rings. The van der Waals surface area contributed by atoms with Crippen molar-refractivity contribution in [2.45, 2.75) is 26.7 Å². The van der Waals surface area contributed by atoms with Crippen molar-refractivity contribution < 1.29 is 0 Å². The highest BCUT2D eigenvalue weighted by Crippen LogP contribution is 2.30. The van der Waals surface area contributed by atoms with Crippen LogP contribution in [-0.2, 0) is 0 Å². The smallest absolute Gasteiger partial charge is 0.132 e. The molecule has 22 heavy (non-hydrogen) atoms. The third-order valence-corrected chi connectivity index (χ3v) is 3.77. The lowest BCUT2D eigenvalue weighted by molar-refractivity contribution is 0.775. The minimum absolute atomic E-state index is 0.297. The van der Waals surface area contributed by atoms with E-state index in [1.165, 1.54) is 0 Å². The van der Waals surface area contributed by atoms with Gasteiger partial charge in [0.05, 0.1) is 11.4 Å². The summed E-state index contributed by atoms with van der Waals surface area (Å²) in [6.07, 6.45) is 0. The van der Waals surface area contributed by atoms with E-state index >= 15 is 0 Å². The molecule has 0 saturated carbocycles. The fourth-order valence-electron chi connectivity index (χ4n) is 2.55. The third-order valence-electron chi connectivity index (χ3n) is 3.77. The Bertz CT molecular complexity index is 702. The molecule has 3 rings (SSSR count). The van der Waals surface area contributed by atoms with Crippen LogP contribution in [0.5, 0.6) is 0 Å². The first-order chi connectivity index (χ1) is 10.7. The van der Waals surface area contributed by atoms with E-state index in [0.29, 0.717) is 5.92 Å². The monoisotopic (exact) mass is 288 g/mol. The number of rotatable bonds is 3. The highest BCUT2D eigenvalue weighted by molar-refractivity contribution is 5.73. The van der Waals surface area contributed by atoms with Gasteiger partial charge in [-0.1, -0.05) is 74.5 Å². The fourth-order valence-corrected chi connectivity index (χ4v) is 2.55. The van der Waals surface area contributed by atoms with E-state index in [1.807, 2.05) is 36.4 Å². The molecule has 0 bridgehead atoms. The molecule has 0 atom stereocenters. The van der Waals surface area contributed by atoms with Gasteiger partial charge in [-0.15, -0.1) is 0 Å². The predicted molar refractivity (Wildman–Crippen MR) is 91.7 cm³/mol. The van der Waals surface area contributed by atoms with Crippen molar-refractivity contribution in [1.82, 2.24) is 9.97 Å². The molecule has 0 spiro atoms. The zero-order valence-corrected chi connectivity index (χ0v) is 13.2. The number of nitrogens with zero attached hydrogens (tertiary/aromatic N) is 2. The lowest BCUT2D eigenvalue weighted by atomic mass is 10.0. The van der Waals surface area contributed by atoms with Crippen LogP contribution in [0.25, 0.3) is 22.5 Å². The van der Waals surface area contributed by atoms with Gasteiger partial charge in [0.15, 0.2) is 0 Å². The molecule has 110 valence electrons. The summed E-state index contributed by atoms with van der Waals surface area (Å²) in [4.78, 5) is 9.63. The lowest BCUT2D eigenvalue weighted by Crippen LogP contribution is -2.04. The van der Waals surface area contributed by atoms with Crippen LogP contribution in [0.1, 0.15) is 31.2 Å². The third kappa shape index (κ3) is 2.77. The summed E-state index contributed by atoms with van der Waals surface area (Å²) in [5.74, 6) is 1.19. The van der Waals surface area contributed by atoms with Gasteiger partial charge in [0.1, 0.15) is 5.82 Å².